The van der Waals surface area contributed by atoms with E-state index in [1.54, 1.807) is 0 Å². The minimum Gasteiger partial charge on any atom is -0.212 e. The van der Waals surface area contributed by atoms with Gasteiger partial charge < -0.3 is 0 Å². The third kappa shape index (κ3) is 1.64. The fourth-order valence-corrected chi connectivity index (χ4v) is 3.46. The van der Waals surface area contributed by atoms with E-state index in [0.717, 1.165) is 19.3 Å². The molecule has 1 aliphatic carbocycles. The topological polar surface area (TPSA) is 34.1 Å². The maximum atomic E-state index is 10.8. The summed E-state index contributed by atoms with van der Waals surface area (Å²) >= 11 is 0. The molecule has 2 unspecified atom stereocenters. The maximum Gasteiger partial charge on any atom is 0.235 e. The molecule has 1 aliphatic rings. The van der Waals surface area contributed by atoms with Crippen LogP contribution in [0.25, 0.3) is 0 Å². The molecule has 0 amide bonds. The van der Waals surface area contributed by atoms with Crippen LogP contribution in [0, 0.1) is 5.92 Å². The predicted octanol–water partition coefficient (Wildman–Crippen LogP) is 1.74. The Labute approximate surface area is 66.0 Å². The summed E-state index contributed by atoms with van der Waals surface area (Å²) in [6.07, 6.45) is 2.74. The Balaban J connectivity index is 2.74. The molecule has 0 aromatic carbocycles. The third-order valence-electron chi connectivity index (χ3n) is 2.14. The van der Waals surface area contributed by atoms with Crippen molar-refractivity contribution in [3.8, 4) is 0 Å². The Morgan fingerprint density at radius 3 is 2.20 bits per heavy atom. The van der Waals surface area contributed by atoms with Crippen molar-refractivity contribution in [3.05, 3.63) is 0 Å². The van der Waals surface area contributed by atoms with Crippen LogP contribution in [0.5, 0.6) is 0 Å². The summed E-state index contributed by atoms with van der Waals surface area (Å²) in [5.74, 6) is 0.252. The lowest BCUT2D eigenvalue weighted by molar-refractivity contribution is 0.557. The Hall–Kier alpha value is 0.240. The van der Waals surface area contributed by atoms with Crippen molar-refractivity contribution < 1.29 is 8.42 Å². The van der Waals surface area contributed by atoms with Gasteiger partial charge in [0.25, 0.3) is 0 Å². The summed E-state index contributed by atoms with van der Waals surface area (Å²) in [6, 6.07) is 0. The SMILES string of the molecule is CC1CCCC1S(=O)(=O)Cl. The largest absolute Gasteiger partial charge is 0.235 e. The number of hydrogen-bond acceptors (Lipinski definition) is 2. The van der Waals surface area contributed by atoms with Crippen LogP contribution in [0.4, 0.5) is 0 Å². The van der Waals surface area contributed by atoms with Crippen LogP contribution < -0.4 is 0 Å². The summed E-state index contributed by atoms with van der Waals surface area (Å²) in [4.78, 5) is 0. The van der Waals surface area contributed by atoms with Crippen molar-refractivity contribution in [3.63, 3.8) is 0 Å². The lowest BCUT2D eigenvalue weighted by Crippen LogP contribution is -2.18. The van der Waals surface area contributed by atoms with E-state index < -0.39 is 9.05 Å². The normalized spacial score (nSPS) is 34.6. The van der Waals surface area contributed by atoms with Crippen LogP contribution in [0.2, 0.25) is 0 Å². The molecule has 0 aromatic rings. The van der Waals surface area contributed by atoms with Crippen molar-refractivity contribution in [2.45, 2.75) is 31.4 Å². The van der Waals surface area contributed by atoms with Gasteiger partial charge in [-0.25, -0.2) is 8.42 Å². The first-order chi connectivity index (χ1) is 4.52. The first-order valence-electron chi connectivity index (χ1n) is 3.45. The molecule has 0 saturated heterocycles. The third-order valence-corrected chi connectivity index (χ3v) is 4.25. The Kier molecular flexibility index (Phi) is 2.25. The summed E-state index contributed by atoms with van der Waals surface area (Å²) in [5, 5.41) is -0.283. The second kappa shape index (κ2) is 2.70. The van der Waals surface area contributed by atoms with Crippen LogP contribution in [-0.2, 0) is 9.05 Å². The molecule has 2 nitrogen and oxygen atoms in total. The van der Waals surface area contributed by atoms with Crippen molar-refractivity contribution >= 4 is 19.7 Å². The van der Waals surface area contributed by atoms with Crippen LogP contribution in [0.3, 0.4) is 0 Å². The Bertz CT molecular complexity index is 210. The van der Waals surface area contributed by atoms with E-state index in [1.165, 1.54) is 0 Å². The number of halogens is 1. The first kappa shape index (κ1) is 8.34. The van der Waals surface area contributed by atoms with Crippen LogP contribution >= 0.6 is 10.7 Å². The quantitative estimate of drug-likeness (QED) is 0.579. The minimum absolute atomic E-state index is 0.252. The van der Waals surface area contributed by atoms with Gasteiger partial charge in [-0.15, -0.1) is 0 Å². The van der Waals surface area contributed by atoms with Crippen LogP contribution in [-0.4, -0.2) is 13.7 Å². The first-order valence-corrected chi connectivity index (χ1v) is 5.82. The highest BCUT2D eigenvalue weighted by Gasteiger charge is 2.32. The number of hydrogen-bond donors (Lipinski definition) is 0. The molecule has 1 fully saturated rings. The predicted molar refractivity (Wildman–Crippen MR) is 41.6 cm³/mol. The zero-order valence-corrected chi connectivity index (χ0v) is 7.45. The van der Waals surface area contributed by atoms with E-state index in [9.17, 15) is 8.42 Å². The van der Waals surface area contributed by atoms with Gasteiger partial charge >= 0.3 is 0 Å². The molecular formula is C6H11ClO2S. The molecule has 0 spiro atoms. The summed E-state index contributed by atoms with van der Waals surface area (Å²) in [6.45, 7) is 1.94. The molecule has 0 aromatic heterocycles. The molecule has 0 bridgehead atoms. The van der Waals surface area contributed by atoms with Gasteiger partial charge in [0.05, 0.1) is 5.25 Å². The van der Waals surface area contributed by atoms with E-state index in [1.807, 2.05) is 6.92 Å². The molecule has 0 N–H and O–H groups in total. The van der Waals surface area contributed by atoms with E-state index in [-0.39, 0.29) is 11.2 Å². The average Bonchev–Trinajstić information content (AvgIpc) is 2.11. The number of rotatable bonds is 1. The highest BCUT2D eigenvalue weighted by atomic mass is 35.7. The molecule has 1 saturated carbocycles. The van der Waals surface area contributed by atoms with Crippen LogP contribution in [0.15, 0.2) is 0 Å². The Morgan fingerprint density at radius 2 is 2.00 bits per heavy atom. The lowest BCUT2D eigenvalue weighted by atomic mass is 10.1. The molecule has 0 heterocycles. The minimum atomic E-state index is -3.28. The molecule has 0 radical (unpaired) electrons. The van der Waals surface area contributed by atoms with Gasteiger partial charge in [-0.05, 0) is 18.8 Å². The molecule has 0 aliphatic heterocycles. The maximum absolute atomic E-state index is 10.8. The molecule has 4 heteroatoms. The van der Waals surface area contributed by atoms with Gasteiger partial charge in [0.2, 0.25) is 9.05 Å². The molecular weight excluding hydrogens is 172 g/mol. The van der Waals surface area contributed by atoms with Crippen molar-refractivity contribution in [2.75, 3.05) is 0 Å². The highest BCUT2D eigenvalue weighted by molar-refractivity contribution is 8.14. The second-order valence-electron chi connectivity index (χ2n) is 2.92. The summed E-state index contributed by atoms with van der Waals surface area (Å²) in [7, 11) is 1.93. The summed E-state index contributed by atoms with van der Waals surface area (Å²) < 4.78 is 21.6. The molecule has 1 rings (SSSR count). The standard InChI is InChI=1S/C6H11ClO2S/c1-5-3-2-4-6(5)10(7,8)9/h5-6H,2-4H2,1H3. The van der Waals surface area contributed by atoms with E-state index in [2.05, 4.69) is 0 Å². The monoisotopic (exact) mass is 182 g/mol. The lowest BCUT2D eigenvalue weighted by Gasteiger charge is -2.09. The van der Waals surface area contributed by atoms with Gasteiger partial charge in [0, 0.05) is 10.7 Å². The molecule has 60 valence electrons. The average molecular weight is 183 g/mol. The zero-order valence-electron chi connectivity index (χ0n) is 5.88. The van der Waals surface area contributed by atoms with Gasteiger partial charge in [0.15, 0.2) is 0 Å². The molecule has 2 atom stereocenters. The van der Waals surface area contributed by atoms with Crippen molar-refractivity contribution in [1.82, 2.24) is 0 Å². The van der Waals surface area contributed by atoms with Crippen molar-refractivity contribution in [2.24, 2.45) is 5.92 Å². The van der Waals surface area contributed by atoms with Gasteiger partial charge in [-0.3, -0.25) is 0 Å². The highest BCUT2D eigenvalue weighted by Crippen LogP contribution is 2.32. The van der Waals surface area contributed by atoms with E-state index in [4.69, 9.17) is 10.7 Å². The fraction of sp³-hybridized carbons (Fsp3) is 1.00. The molecule has 10 heavy (non-hydrogen) atoms. The van der Waals surface area contributed by atoms with Crippen molar-refractivity contribution in [1.29, 1.82) is 0 Å². The summed E-state index contributed by atoms with van der Waals surface area (Å²) in [5.41, 5.74) is 0. The van der Waals surface area contributed by atoms with E-state index in [0.29, 0.717) is 0 Å². The van der Waals surface area contributed by atoms with Crippen LogP contribution in [0.1, 0.15) is 26.2 Å². The Morgan fingerprint density at radius 1 is 1.40 bits per heavy atom. The zero-order chi connectivity index (χ0) is 7.78. The van der Waals surface area contributed by atoms with Gasteiger partial charge in [0.1, 0.15) is 0 Å². The van der Waals surface area contributed by atoms with Gasteiger partial charge in [-0.2, -0.15) is 0 Å². The van der Waals surface area contributed by atoms with E-state index >= 15 is 0 Å². The fourth-order valence-electron chi connectivity index (χ4n) is 1.53. The second-order valence-corrected chi connectivity index (χ2v) is 5.77. The van der Waals surface area contributed by atoms with Gasteiger partial charge in [-0.1, -0.05) is 13.3 Å². The smallest absolute Gasteiger partial charge is 0.212 e.